The van der Waals surface area contributed by atoms with E-state index in [2.05, 4.69) is 4.90 Å². The first-order valence-corrected chi connectivity index (χ1v) is 14.7. The zero-order valence-electron chi connectivity index (χ0n) is 21.6. The molecule has 39 heavy (non-hydrogen) atoms. The third-order valence-electron chi connectivity index (χ3n) is 7.55. The van der Waals surface area contributed by atoms with E-state index in [0.717, 1.165) is 25.9 Å². The van der Waals surface area contributed by atoms with Crippen LogP contribution in [0, 0.1) is 5.82 Å². The molecule has 1 N–H and O–H groups in total. The maximum atomic E-state index is 15.0. The SMILES string of the molecule is O=C1C(=O)N(CCCN2CCOCC2)C(c2ccccc2F)/C1=C(\O)c1ccc(S(=O)(=O)N2CCCC2)cc1. The van der Waals surface area contributed by atoms with Gasteiger partial charge in [-0.05, 0) is 49.6 Å². The number of ketones is 1. The Balaban J connectivity index is 1.46. The molecule has 208 valence electrons. The van der Waals surface area contributed by atoms with Crippen LogP contribution in [-0.2, 0) is 24.3 Å². The summed E-state index contributed by atoms with van der Waals surface area (Å²) in [4.78, 5) is 30.0. The summed E-state index contributed by atoms with van der Waals surface area (Å²) in [7, 11) is -3.66. The molecule has 0 spiro atoms. The van der Waals surface area contributed by atoms with Gasteiger partial charge in [-0.1, -0.05) is 18.2 Å². The molecule has 1 unspecified atom stereocenters. The third-order valence-corrected chi connectivity index (χ3v) is 9.46. The molecule has 3 heterocycles. The molecule has 5 rings (SSSR count). The van der Waals surface area contributed by atoms with Crippen molar-refractivity contribution < 1.29 is 32.2 Å². The average molecular weight is 558 g/mol. The summed E-state index contributed by atoms with van der Waals surface area (Å²) in [6, 6.07) is 10.3. The van der Waals surface area contributed by atoms with Gasteiger partial charge in [0.15, 0.2) is 0 Å². The van der Waals surface area contributed by atoms with Crippen molar-refractivity contribution in [2.75, 3.05) is 52.5 Å². The Labute approximate surface area is 227 Å². The van der Waals surface area contributed by atoms with E-state index in [9.17, 15) is 23.1 Å². The number of Topliss-reactive ketones (excluding diaryl/α,β-unsaturated/α-hetero) is 1. The summed E-state index contributed by atoms with van der Waals surface area (Å²) in [5.74, 6) is -2.77. The lowest BCUT2D eigenvalue weighted by atomic mass is 9.95. The maximum absolute atomic E-state index is 15.0. The number of likely N-dealkylation sites (tertiary alicyclic amines) is 1. The standard InChI is InChI=1S/C28H32FN3O6S/c29-23-7-2-1-6-22(23)25-24(27(34)28(35)32(25)15-5-12-30-16-18-38-19-17-30)26(33)20-8-10-21(11-9-20)39(36,37)31-13-3-4-14-31/h1-2,6-11,25,33H,3-5,12-19H2/b26-24+. The van der Waals surface area contributed by atoms with Crippen LogP contribution in [0.3, 0.4) is 0 Å². The molecule has 0 bridgehead atoms. The Kier molecular flexibility index (Phi) is 8.13. The van der Waals surface area contributed by atoms with Gasteiger partial charge in [0.1, 0.15) is 11.6 Å². The molecular formula is C28H32FN3O6S. The first-order chi connectivity index (χ1) is 18.8. The molecule has 3 aliphatic heterocycles. The molecule has 0 aliphatic carbocycles. The number of carbonyl (C=O) groups excluding carboxylic acids is 2. The van der Waals surface area contributed by atoms with Gasteiger partial charge >= 0.3 is 0 Å². The number of nitrogens with zero attached hydrogens (tertiary/aromatic N) is 3. The van der Waals surface area contributed by atoms with Gasteiger partial charge in [-0.25, -0.2) is 12.8 Å². The van der Waals surface area contributed by atoms with Crippen molar-refractivity contribution in [3.05, 3.63) is 71.0 Å². The lowest BCUT2D eigenvalue weighted by molar-refractivity contribution is -0.140. The molecule has 9 nitrogen and oxygen atoms in total. The van der Waals surface area contributed by atoms with Gasteiger partial charge < -0.3 is 14.7 Å². The molecular weight excluding hydrogens is 525 g/mol. The molecule has 1 amide bonds. The minimum Gasteiger partial charge on any atom is -0.507 e. The van der Waals surface area contributed by atoms with Crippen molar-refractivity contribution in [2.24, 2.45) is 0 Å². The summed E-state index contributed by atoms with van der Waals surface area (Å²) in [6.07, 6.45) is 2.17. The fourth-order valence-electron chi connectivity index (χ4n) is 5.44. The van der Waals surface area contributed by atoms with Crippen molar-refractivity contribution in [1.82, 2.24) is 14.1 Å². The lowest BCUT2D eigenvalue weighted by Gasteiger charge is -2.29. The number of hydrogen-bond acceptors (Lipinski definition) is 7. The molecule has 0 aromatic heterocycles. The van der Waals surface area contributed by atoms with Crippen LogP contribution < -0.4 is 0 Å². The summed E-state index contributed by atoms with van der Waals surface area (Å²) >= 11 is 0. The van der Waals surface area contributed by atoms with Gasteiger partial charge in [0, 0.05) is 50.4 Å². The van der Waals surface area contributed by atoms with Crippen LogP contribution in [0.25, 0.3) is 5.76 Å². The second-order valence-electron chi connectivity index (χ2n) is 9.96. The predicted octanol–water partition coefficient (Wildman–Crippen LogP) is 2.75. The number of ether oxygens (including phenoxy) is 1. The van der Waals surface area contributed by atoms with Gasteiger partial charge in [-0.15, -0.1) is 0 Å². The second kappa shape index (κ2) is 11.5. The van der Waals surface area contributed by atoms with Crippen molar-refractivity contribution in [2.45, 2.75) is 30.2 Å². The molecule has 2 aromatic rings. The van der Waals surface area contributed by atoms with Gasteiger partial charge in [-0.3, -0.25) is 14.5 Å². The number of halogens is 1. The second-order valence-corrected chi connectivity index (χ2v) is 11.9. The van der Waals surface area contributed by atoms with Crippen molar-refractivity contribution in [3.63, 3.8) is 0 Å². The molecule has 3 fully saturated rings. The monoisotopic (exact) mass is 557 g/mol. The molecule has 3 aliphatic rings. The largest absolute Gasteiger partial charge is 0.507 e. The van der Waals surface area contributed by atoms with Gasteiger partial charge in [-0.2, -0.15) is 4.31 Å². The topological polar surface area (TPSA) is 107 Å². The molecule has 2 aromatic carbocycles. The summed E-state index contributed by atoms with van der Waals surface area (Å²) in [6.45, 7) is 4.63. The lowest BCUT2D eigenvalue weighted by Crippen LogP contribution is -2.39. The van der Waals surface area contributed by atoms with E-state index in [1.54, 1.807) is 6.07 Å². The van der Waals surface area contributed by atoms with Crippen LogP contribution >= 0.6 is 0 Å². The van der Waals surface area contributed by atoms with Crippen molar-refractivity contribution in [3.8, 4) is 0 Å². The van der Waals surface area contributed by atoms with Crippen LogP contribution in [-0.4, -0.2) is 91.8 Å². The minimum atomic E-state index is -3.66. The predicted molar refractivity (Wildman–Crippen MR) is 142 cm³/mol. The Morgan fingerprint density at radius 1 is 0.949 bits per heavy atom. The Morgan fingerprint density at radius 2 is 1.62 bits per heavy atom. The fraction of sp³-hybridized carbons (Fsp3) is 0.429. The number of amides is 1. The normalized spacial score (nSPS) is 22.6. The van der Waals surface area contributed by atoms with E-state index in [0.29, 0.717) is 39.3 Å². The highest BCUT2D eigenvalue weighted by Crippen LogP contribution is 2.40. The quantitative estimate of drug-likeness (QED) is 0.302. The Hall–Kier alpha value is -3.12. The van der Waals surface area contributed by atoms with Crippen LogP contribution in [0.15, 0.2) is 59.0 Å². The highest BCUT2D eigenvalue weighted by Gasteiger charge is 2.46. The Bertz CT molecular complexity index is 1370. The number of morpholine rings is 1. The van der Waals surface area contributed by atoms with Crippen LogP contribution in [0.2, 0.25) is 0 Å². The van der Waals surface area contributed by atoms with E-state index in [1.165, 1.54) is 51.7 Å². The number of carbonyl (C=O) groups is 2. The van der Waals surface area contributed by atoms with Gasteiger partial charge in [0.05, 0.1) is 29.7 Å². The number of rotatable bonds is 8. The number of sulfonamides is 1. The number of aliphatic hydroxyl groups is 1. The summed E-state index contributed by atoms with van der Waals surface area (Å²) in [5.41, 5.74) is 0.0625. The molecule has 1 atom stereocenters. The van der Waals surface area contributed by atoms with E-state index < -0.39 is 39.3 Å². The maximum Gasteiger partial charge on any atom is 0.295 e. The third kappa shape index (κ3) is 5.49. The molecule has 11 heteroatoms. The number of aliphatic hydroxyl groups excluding tert-OH is 1. The minimum absolute atomic E-state index is 0.0789. The van der Waals surface area contributed by atoms with Crippen LogP contribution in [0.4, 0.5) is 4.39 Å². The van der Waals surface area contributed by atoms with E-state index in [4.69, 9.17) is 4.74 Å². The van der Waals surface area contributed by atoms with E-state index >= 15 is 4.39 Å². The zero-order valence-corrected chi connectivity index (χ0v) is 22.4. The smallest absolute Gasteiger partial charge is 0.295 e. The molecule has 0 radical (unpaired) electrons. The highest BCUT2D eigenvalue weighted by atomic mass is 32.2. The number of hydrogen-bond donors (Lipinski definition) is 1. The summed E-state index contributed by atoms with van der Waals surface area (Å²) in [5, 5.41) is 11.3. The number of benzene rings is 2. The first-order valence-electron chi connectivity index (χ1n) is 13.2. The Morgan fingerprint density at radius 3 is 2.28 bits per heavy atom. The van der Waals surface area contributed by atoms with E-state index in [-0.39, 0.29) is 28.1 Å². The van der Waals surface area contributed by atoms with Gasteiger partial charge in [0.2, 0.25) is 10.0 Å². The molecule has 0 saturated carbocycles. The zero-order chi connectivity index (χ0) is 27.6. The molecule has 3 saturated heterocycles. The van der Waals surface area contributed by atoms with Crippen LogP contribution in [0.5, 0.6) is 0 Å². The average Bonchev–Trinajstić information content (AvgIpc) is 3.58. The first kappa shape index (κ1) is 27.4. The summed E-state index contributed by atoms with van der Waals surface area (Å²) < 4.78 is 47.6. The van der Waals surface area contributed by atoms with Crippen LogP contribution in [0.1, 0.15) is 36.4 Å². The van der Waals surface area contributed by atoms with Crippen molar-refractivity contribution >= 4 is 27.5 Å². The van der Waals surface area contributed by atoms with E-state index in [1.807, 2.05) is 0 Å². The van der Waals surface area contributed by atoms with Crippen molar-refractivity contribution in [1.29, 1.82) is 0 Å². The highest BCUT2D eigenvalue weighted by molar-refractivity contribution is 7.89. The fourth-order valence-corrected chi connectivity index (χ4v) is 6.96. The van der Waals surface area contributed by atoms with Gasteiger partial charge in [0.25, 0.3) is 11.7 Å².